The molecule has 0 aromatic heterocycles. The Morgan fingerprint density at radius 1 is 1.08 bits per heavy atom. The van der Waals surface area contributed by atoms with Gasteiger partial charge in [-0.25, -0.2) is 5.43 Å². The Morgan fingerprint density at radius 3 is 2.60 bits per heavy atom. The van der Waals surface area contributed by atoms with E-state index in [4.69, 9.17) is 14.2 Å². The van der Waals surface area contributed by atoms with Crippen molar-refractivity contribution in [3.63, 3.8) is 0 Å². The molecule has 1 N–H and O–H groups in total. The Balaban J connectivity index is 1.93. The van der Waals surface area contributed by atoms with Gasteiger partial charge in [-0.2, -0.15) is 5.10 Å². The lowest BCUT2D eigenvalue weighted by molar-refractivity contribution is -0.123. The Kier molecular flexibility index (Phi) is 6.39. The minimum absolute atomic E-state index is 0.114. The molecule has 2 aromatic rings. The predicted molar refractivity (Wildman–Crippen MR) is 96.7 cm³/mol. The van der Waals surface area contributed by atoms with Crippen LogP contribution in [0.4, 0.5) is 0 Å². The summed E-state index contributed by atoms with van der Waals surface area (Å²) in [5, 5.41) is 3.94. The van der Waals surface area contributed by atoms with Crippen LogP contribution >= 0.6 is 0 Å². The molecule has 0 aliphatic heterocycles. The first-order valence-corrected chi connectivity index (χ1v) is 7.77. The average Bonchev–Trinajstić information content (AvgIpc) is 2.62. The number of nitrogens with one attached hydrogen (secondary N) is 1. The van der Waals surface area contributed by atoms with Gasteiger partial charge in [-0.3, -0.25) is 4.79 Å². The standard InChI is InChI=1S/C19H22N2O4/c1-13-5-6-14(2)18(9-13)25-12-19(22)21-20-11-15-10-16(23-3)7-8-17(15)24-4/h5-11H,12H2,1-4H3,(H,21,22)/b20-11+. The number of ether oxygens (including phenoxy) is 3. The number of aryl methyl sites for hydroxylation is 2. The maximum Gasteiger partial charge on any atom is 0.277 e. The molecule has 0 saturated heterocycles. The molecule has 2 aromatic carbocycles. The molecule has 0 unspecified atom stereocenters. The smallest absolute Gasteiger partial charge is 0.277 e. The summed E-state index contributed by atoms with van der Waals surface area (Å²) in [4.78, 5) is 11.9. The van der Waals surface area contributed by atoms with Crippen molar-refractivity contribution in [3.05, 3.63) is 53.1 Å². The quantitative estimate of drug-likeness (QED) is 0.620. The van der Waals surface area contributed by atoms with E-state index in [1.54, 1.807) is 32.4 Å². The van der Waals surface area contributed by atoms with Gasteiger partial charge in [0, 0.05) is 5.56 Å². The molecule has 0 fully saturated rings. The maximum absolute atomic E-state index is 11.9. The summed E-state index contributed by atoms with van der Waals surface area (Å²) in [6, 6.07) is 11.2. The first kappa shape index (κ1) is 18.3. The van der Waals surface area contributed by atoms with E-state index < -0.39 is 0 Å². The Hall–Kier alpha value is -3.02. The average molecular weight is 342 g/mol. The second-order valence-electron chi connectivity index (χ2n) is 5.46. The molecule has 0 aliphatic carbocycles. The summed E-state index contributed by atoms with van der Waals surface area (Å²) >= 11 is 0. The molecule has 2 rings (SSSR count). The number of benzene rings is 2. The Morgan fingerprint density at radius 2 is 1.88 bits per heavy atom. The van der Waals surface area contributed by atoms with E-state index >= 15 is 0 Å². The Labute approximate surface area is 147 Å². The van der Waals surface area contributed by atoms with E-state index in [1.807, 2.05) is 32.0 Å². The third-order valence-electron chi connectivity index (χ3n) is 3.53. The Bertz CT molecular complexity index is 772. The number of hydrogen-bond acceptors (Lipinski definition) is 5. The highest BCUT2D eigenvalue weighted by Crippen LogP contribution is 2.22. The van der Waals surface area contributed by atoms with Crippen LogP contribution in [0, 0.1) is 13.8 Å². The highest BCUT2D eigenvalue weighted by Gasteiger charge is 2.05. The van der Waals surface area contributed by atoms with E-state index in [-0.39, 0.29) is 12.5 Å². The molecule has 25 heavy (non-hydrogen) atoms. The van der Waals surface area contributed by atoms with Crippen LogP contribution in [0.15, 0.2) is 41.5 Å². The van der Waals surface area contributed by atoms with Crippen LogP contribution in [0.1, 0.15) is 16.7 Å². The van der Waals surface area contributed by atoms with Crippen LogP contribution in [0.3, 0.4) is 0 Å². The molecule has 0 atom stereocenters. The van der Waals surface area contributed by atoms with Gasteiger partial charge in [-0.15, -0.1) is 0 Å². The van der Waals surface area contributed by atoms with Gasteiger partial charge >= 0.3 is 0 Å². The molecule has 1 amide bonds. The van der Waals surface area contributed by atoms with Crippen LogP contribution in [0.2, 0.25) is 0 Å². The maximum atomic E-state index is 11.9. The van der Waals surface area contributed by atoms with Crippen molar-refractivity contribution in [2.45, 2.75) is 13.8 Å². The summed E-state index contributed by atoms with van der Waals surface area (Å²) in [5.74, 6) is 1.64. The first-order valence-electron chi connectivity index (χ1n) is 7.77. The van der Waals surface area contributed by atoms with Crippen molar-refractivity contribution in [3.8, 4) is 17.2 Å². The van der Waals surface area contributed by atoms with Gasteiger partial charge in [-0.1, -0.05) is 12.1 Å². The largest absolute Gasteiger partial charge is 0.497 e. The molecule has 0 bridgehead atoms. The normalized spacial score (nSPS) is 10.6. The molecule has 6 nitrogen and oxygen atoms in total. The molecule has 6 heteroatoms. The van der Waals surface area contributed by atoms with Crippen LogP contribution < -0.4 is 19.6 Å². The lowest BCUT2D eigenvalue weighted by atomic mass is 10.1. The number of carbonyl (C=O) groups is 1. The molecule has 0 aliphatic rings. The fourth-order valence-corrected chi connectivity index (χ4v) is 2.15. The molecular formula is C19H22N2O4. The van der Waals surface area contributed by atoms with Gasteiger partial charge in [0.25, 0.3) is 5.91 Å². The number of nitrogens with zero attached hydrogens (tertiary/aromatic N) is 1. The molecule has 132 valence electrons. The highest BCUT2D eigenvalue weighted by atomic mass is 16.5. The molecule has 0 heterocycles. The van der Waals surface area contributed by atoms with E-state index in [1.165, 1.54) is 6.21 Å². The fraction of sp³-hybridized carbons (Fsp3) is 0.263. The van der Waals surface area contributed by atoms with Gasteiger partial charge in [-0.05, 0) is 49.2 Å². The third kappa shape index (κ3) is 5.24. The monoisotopic (exact) mass is 342 g/mol. The highest BCUT2D eigenvalue weighted by molar-refractivity contribution is 5.86. The van der Waals surface area contributed by atoms with Crippen LogP contribution in [-0.2, 0) is 4.79 Å². The van der Waals surface area contributed by atoms with Crippen LogP contribution in [0.5, 0.6) is 17.2 Å². The number of hydrazone groups is 1. The summed E-state index contributed by atoms with van der Waals surface area (Å²) < 4.78 is 15.9. The number of hydrogen-bond donors (Lipinski definition) is 1. The van der Waals surface area contributed by atoms with Gasteiger partial charge in [0.15, 0.2) is 6.61 Å². The second-order valence-corrected chi connectivity index (χ2v) is 5.46. The zero-order valence-corrected chi connectivity index (χ0v) is 14.8. The van der Waals surface area contributed by atoms with Gasteiger partial charge < -0.3 is 14.2 Å². The van der Waals surface area contributed by atoms with E-state index in [9.17, 15) is 4.79 Å². The lowest BCUT2D eigenvalue weighted by Crippen LogP contribution is -2.24. The summed E-state index contributed by atoms with van der Waals surface area (Å²) in [6.07, 6.45) is 1.50. The van der Waals surface area contributed by atoms with Crippen molar-refractivity contribution in [2.24, 2.45) is 5.10 Å². The molecule has 0 saturated carbocycles. The zero-order chi connectivity index (χ0) is 18.2. The number of amides is 1. The molecule has 0 spiro atoms. The SMILES string of the molecule is COc1ccc(OC)c(/C=N/NC(=O)COc2cc(C)ccc2C)c1. The minimum Gasteiger partial charge on any atom is -0.497 e. The third-order valence-corrected chi connectivity index (χ3v) is 3.53. The topological polar surface area (TPSA) is 69.2 Å². The fourth-order valence-electron chi connectivity index (χ4n) is 2.15. The summed E-state index contributed by atoms with van der Waals surface area (Å²) in [6.45, 7) is 3.79. The van der Waals surface area contributed by atoms with Gasteiger partial charge in [0.2, 0.25) is 0 Å². The number of carbonyl (C=O) groups excluding carboxylic acids is 1. The lowest BCUT2D eigenvalue weighted by Gasteiger charge is -2.09. The molecular weight excluding hydrogens is 320 g/mol. The van der Waals surface area contributed by atoms with Gasteiger partial charge in [0.1, 0.15) is 17.2 Å². The van der Waals surface area contributed by atoms with Crippen molar-refractivity contribution in [1.29, 1.82) is 0 Å². The van der Waals surface area contributed by atoms with Crippen LogP contribution in [0.25, 0.3) is 0 Å². The minimum atomic E-state index is -0.348. The van der Waals surface area contributed by atoms with E-state index in [0.717, 1.165) is 11.1 Å². The first-order chi connectivity index (χ1) is 12.0. The summed E-state index contributed by atoms with van der Waals surface area (Å²) in [5.41, 5.74) is 5.17. The van der Waals surface area contributed by atoms with Crippen molar-refractivity contribution < 1.29 is 19.0 Å². The van der Waals surface area contributed by atoms with E-state index in [2.05, 4.69) is 10.5 Å². The van der Waals surface area contributed by atoms with Gasteiger partial charge in [0.05, 0.1) is 20.4 Å². The van der Waals surface area contributed by atoms with Crippen molar-refractivity contribution in [1.82, 2.24) is 5.43 Å². The van der Waals surface area contributed by atoms with E-state index in [0.29, 0.717) is 22.8 Å². The number of rotatable bonds is 7. The summed E-state index contributed by atoms with van der Waals surface area (Å²) in [7, 11) is 3.14. The second kappa shape index (κ2) is 8.73. The predicted octanol–water partition coefficient (Wildman–Crippen LogP) is 2.85. The van der Waals surface area contributed by atoms with Crippen LogP contribution in [-0.4, -0.2) is 32.9 Å². The van der Waals surface area contributed by atoms with Crippen molar-refractivity contribution in [2.75, 3.05) is 20.8 Å². The number of methoxy groups -OCH3 is 2. The zero-order valence-electron chi connectivity index (χ0n) is 14.8. The molecule has 0 radical (unpaired) electrons. The van der Waals surface area contributed by atoms with Crippen molar-refractivity contribution >= 4 is 12.1 Å².